The third kappa shape index (κ3) is 3.74. The molecule has 0 fully saturated rings. The Bertz CT molecular complexity index is 902. The number of thiazole rings is 1. The van der Waals surface area contributed by atoms with E-state index < -0.39 is 5.97 Å². The largest absolute Gasteiger partial charge is 0.462 e. The van der Waals surface area contributed by atoms with Gasteiger partial charge in [0.2, 0.25) is 0 Å². The molecule has 0 aliphatic heterocycles. The topological polar surface area (TPSA) is 86.1 Å². The average molecular weight is 356 g/mol. The smallest absolute Gasteiger partial charge is 0.350 e. The fraction of sp³-hybridized carbons (Fsp3) is 0.176. The molecule has 2 aromatic heterocycles. The van der Waals surface area contributed by atoms with Crippen LogP contribution in [-0.2, 0) is 11.8 Å². The van der Waals surface area contributed by atoms with E-state index in [2.05, 4.69) is 15.4 Å². The molecule has 0 saturated carbocycles. The van der Waals surface area contributed by atoms with E-state index in [0.717, 1.165) is 16.9 Å². The second kappa shape index (κ2) is 7.27. The lowest BCUT2D eigenvalue weighted by Crippen LogP contribution is -2.12. The first-order valence-corrected chi connectivity index (χ1v) is 8.44. The maximum absolute atomic E-state index is 12.2. The van der Waals surface area contributed by atoms with Crippen molar-refractivity contribution in [2.45, 2.75) is 6.92 Å². The number of rotatable bonds is 5. The van der Waals surface area contributed by atoms with Crippen LogP contribution in [0.15, 0.2) is 42.6 Å². The fourth-order valence-corrected chi connectivity index (χ4v) is 3.07. The van der Waals surface area contributed by atoms with Gasteiger partial charge in [-0.25, -0.2) is 9.78 Å². The Balaban J connectivity index is 1.93. The molecule has 7 nitrogen and oxygen atoms in total. The Morgan fingerprint density at radius 3 is 2.64 bits per heavy atom. The summed E-state index contributed by atoms with van der Waals surface area (Å²) in [6.45, 7) is 2.01. The summed E-state index contributed by atoms with van der Waals surface area (Å²) in [6.07, 6.45) is 1.68. The van der Waals surface area contributed by atoms with Crippen LogP contribution in [0.2, 0.25) is 0 Å². The maximum Gasteiger partial charge on any atom is 0.350 e. The van der Waals surface area contributed by atoms with Gasteiger partial charge in [-0.3, -0.25) is 14.8 Å². The number of esters is 1. The number of carbonyl (C=O) groups is 2. The first kappa shape index (κ1) is 16.8. The number of nitrogens with zero attached hydrogens (tertiary/aromatic N) is 3. The molecule has 0 atom stereocenters. The van der Waals surface area contributed by atoms with Crippen LogP contribution >= 0.6 is 11.3 Å². The fourth-order valence-electron chi connectivity index (χ4n) is 2.20. The Labute approximate surface area is 148 Å². The third-order valence-corrected chi connectivity index (χ3v) is 4.25. The van der Waals surface area contributed by atoms with Crippen LogP contribution < -0.4 is 5.32 Å². The van der Waals surface area contributed by atoms with Crippen LogP contribution in [0.25, 0.3) is 11.3 Å². The summed E-state index contributed by atoms with van der Waals surface area (Å²) in [5, 5.41) is 7.05. The summed E-state index contributed by atoms with van der Waals surface area (Å²) in [6, 6.07) is 10.9. The van der Waals surface area contributed by atoms with Gasteiger partial charge in [0, 0.05) is 18.8 Å². The highest BCUT2D eigenvalue weighted by molar-refractivity contribution is 7.18. The lowest BCUT2D eigenvalue weighted by Gasteiger charge is -2.01. The number of carbonyl (C=O) groups excluding carboxylic acids is 2. The van der Waals surface area contributed by atoms with Gasteiger partial charge >= 0.3 is 5.97 Å². The van der Waals surface area contributed by atoms with Gasteiger partial charge in [-0.15, -0.1) is 0 Å². The predicted molar refractivity (Wildman–Crippen MR) is 94.7 cm³/mol. The molecule has 0 spiro atoms. The van der Waals surface area contributed by atoms with Crippen LogP contribution in [0.4, 0.5) is 5.13 Å². The lowest BCUT2D eigenvalue weighted by atomic mass is 10.1. The molecule has 8 heteroatoms. The van der Waals surface area contributed by atoms with Crippen LogP contribution in [-0.4, -0.2) is 33.2 Å². The molecule has 128 valence electrons. The number of ether oxygens (including phenoxy) is 1. The van der Waals surface area contributed by atoms with Crippen molar-refractivity contribution in [2.75, 3.05) is 11.9 Å². The Kier molecular flexibility index (Phi) is 4.90. The number of benzene rings is 1. The van der Waals surface area contributed by atoms with Gasteiger partial charge in [-0.2, -0.15) is 5.10 Å². The van der Waals surface area contributed by atoms with Crippen molar-refractivity contribution in [3.8, 4) is 11.3 Å². The molecular formula is C17H16N4O3S. The second-order valence-electron chi connectivity index (χ2n) is 5.11. The molecule has 0 unspecified atom stereocenters. The zero-order chi connectivity index (χ0) is 17.8. The summed E-state index contributed by atoms with van der Waals surface area (Å²) < 4.78 is 6.64. The summed E-state index contributed by atoms with van der Waals surface area (Å²) in [7, 11) is 1.73. The molecule has 0 saturated heterocycles. The van der Waals surface area contributed by atoms with Crippen LogP contribution in [0.3, 0.4) is 0 Å². The van der Waals surface area contributed by atoms with Gasteiger partial charge in [0.15, 0.2) is 10.8 Å². The monoisotopic (exact) mass is 356 g/mol. The highest BCUT2D eigenvalue weighted by atomic mass is 32.1. The quantitative estimate of drug-likeness (QED) is 0.710. The van der Waals surface area contributed by atoms with Gasteiger partial charge in [-0.05, 0) is 13.0 Å². The molecule has 3 aromatic rings. The minimum absolute atomic E-state index is 0.264. The van der Waals surface area contributed by atoms with Crippen LogP contribution in [0, 0.1) is 0 Å². The van der Waals surface area contributed by atoms with E-state index >= 15 is 0 Å². The minimum atomic E-state index is -0.461. The SMILES string of the molecule is CCOC(=O)c1sc(NC(=O)c2ccn(C)n2)nc1-c1ccccc1. The van der Waals surface area contributed by atoms with Gasteiger partial charge < -0.3 is 4.74 Å². The Morgan fingerprint density at radius 2 is 2.00 bits per heavy atom. The highest BCUT2D eigenvalue weighted by Gasteiger charge is 2.22. The molecule has 1 amide bonds. The normalized spacial score (nSPS) is 10.5. The number of hydrogen-bond acceptors (Lipinski definition) is 6. The van der Waals surface area contributed by atoms with Gasteiger partial charge in [0.1, 0.15) is 4.88 Å². The van der Waals surface area contributed by atoms with Crippen molar-refractivity contribution in [1.82, 2.24) is 14.8 Å². The molecule has 25 heavy (non-hydrogen) atoms. The van der Waals surface area contributed by atoms with E-state index in [1.165, 1.54) is 4.68 Å². The second-order valence-corrected chi connectivity index (χ2v) is 6.11. The molecule has 0 aliphatic rings. The maximum atomic E-state index is 12.2. The van der Waals surface area contributed by atoms with Crippen molar-refractivity contribution < 1.29 is 14.3 Å². The van der Waals surface area contributed by atoms with E-state index in [4.69, 9.17) is 4.74 Å². The summed E-state index contributed by atoms with van der Waals surface area (Å²) in [5.74, 6) is -0.846. The third-order valence-electron chi connectivity index (χ3n) is 3.30. The van der Waals surface area contributed by atoms with Crippen molar-refractivity contribution in [1.29, 1.82) is 0 Å². The summed E-state index contributed by atoms with van der Waals surface area (Å²) in [4.78, 5) is 29.2. The predicted octanol–water partition coefficient (Wildman–Crippen LogP) is 2.97. The number of aromatic nitrogens is 3. The van der Waals surface area contributed by atoms with Gasteiger partial charge in [0.05, 0.1) is 12.3 Å². The Hall–Kier alpha value is -3.00. The molecule has 1 N–H and O–H groups in total. The molecule has 2 heterocycles. The van der Waals surface area contributed by atoms with Crippen molar-refractivity contribution in [2.24, 2.45) is 7.05 Å². The summed E-state index contributed by atoms with van der Waals surface area (Å²) >= 11 is 1.08. The van der Waals surface area contributed by atoms with E-state index in [9.17, 15) is 9.59 Å². The average Bonchev–Trinajstić information content (AvgIpc) is 3.22. The van der Waals surface area contributed by atoms with E-state index in [1.807, 2.05) is 30.3 Å². The molecular weight excluding hydrogens is 340 g/mol. The number of aryl methyl sites for hydroxylation is 1. The highest BCUT2D eigenvalue weighted by Crippen LogP contribution is 2.32. The molecule has 0 bridgehead atoms. The number of amides is 1. The molecule has 0 radical (unpaired) electrons. The van der Waals surface area contributed by atoms with Gasteiger partial charge in [-0.1, -0.05) is 41.7 Å². The van der Waals surface area contributed by atoms with Crippen molar-refractivity contribution >= 4 is 28.3 Å². The standard InChI is InChI=1S/C17H16N4O3S/c1-3-24-16(23)14-13(11-7-5-4-6-8-11)18-17(25-14)19-15(22)12-9-10-21(2)20-12/h4-10H,3H2,1-2H3,(H,18,19,22). The molecule has 0 aliphatic carbocycles. The summed E-state index contributed by atoms with van der Waals surface area (Å²) in [5.41, 5.74) is 1.54. The lowest BCUT2D eigenvalue weighted by molar-refractivity contribution is 0.0532. The first-order valence-electron chi connectivity index (χ1n) is 7.63. The minimum Gasteiger partial charge on any atom is -0.462 e. The van der Waals surface area contributed by atoms with E-state index in [0.29, 0.717) is 15.7 Å². The van der Waals surface area contributed by atoms with E-state index in [1.54, 1.807) is 26.2 Å². The molecule has 1 aromatic carbocycles. The van der Waals surface area contributed by atoms with Crippen molar-refractivity contribution in [3.63, 3.8) is 0 Å². The molecule has 3 rings (SSSR count). The zero-order valence-electron chi connectivity index (χ0n) is 13.7. The number of nitrogens with one attached hydrogen (secondary N) is 1. The van der Waals surface area contributed by atoms with Crippen LogP contribution in [0.1, 0.15) is 27.1 Å². The van der Waals surface area contributed by atoms with E-state index in [-0.39, 0.29) is 18.2 Å². The van der Waals surface area contributed by atoms with Gasteiger partial charge in [0.25, 0.3) is 5.91 Å². The van der Waals surface area contributed by atoms with Crippen LogP contribution in [0.5, 0.6) is 0 Å². The number of hydrogen-bond donors (Lipinski definition) is 1. The number of anilines is 1. The Morgan fingerprint density at radius 1 is 1.24 bits per heavy atom. The first-order chi connectivity index (χ1) is 12.1. The van der Waals surface area contributed by atoms with Crippen molar-refractivity contribution in [3.05, 3.63) is 53.2 Å². The zero-order valence-corrected chi connectivity index (χ0v) is 14.5.